The molecule has 1 atom stereocenters. The van der Waals surface area contributed by atoms with Crippen LogP contribution in [0.15, 0.2) is 48.5 Å². The summed E-state index contributed by atoms with van der Waals surface area (Å²) in [6.45, 7) is 3.61. The first-order valence-electron chi connectivity index (χ1n) is 8.96. The third-order valence-electron chi connectivity index (χ3n) is 4.76. The van der Waals surface area contributed by atoms with Crippen molar-refractivity contribution in [2.24, 2.45) is 0 Å². The zero-order valence-corrected chi connectivity index (χ0v) is 15.5. The number of hydrogen-bond acceptors (Lipinski definition) is 5. The number of aromatic hydroxyl groups is 1. The van der Waals surface area contributed by atoms with Gasteiger partial charge >= 0.3 is 0 Å². The molecule has 1 saturated heterocycles. The minimum absolute atomic E-state index is 0.249. The molecule has 134 valence electrons. The van der Waals surface area contributed by atoms with Gasteiger partial charge in [-0.25, -0.2) is 4.98 Å². The molecule has 0 saturated carbocycles. The molecule has 0 amide bonds. The van der Waals surface area contributed by atoms with Gasteiger partial charge in [-0.15, -0.1) is 11.3 Å². The van der Waals surface area contributed by atoms with Crippen LogP contribution in [-0.2, 0) is 6.42 Å². The van der Waals surface area contributed by atoms with Crippen molar-refractivity contribution < 1.29 is 10.2 Å². The number of pyridine rings is 1. The Balaban J connectivity index is 1.79. The van der Waals surface area contributed by atoms with E-state index in [-0.39, 0.29) is 11.9 Å². The van der Waals surface area contributed by atoms with Gasteiger partial charge < -0.3 is 15.1 Å². The highest BCUT2D eigenvalue weighted by Gasteiger charge is 2.22. The number of aromatic nitrogens is 1. The summed E-state index contributed by atoms with van der Waals surface area (Å²) in [5, 5.41) is 19.5. The lowest BCUT2D eigenvalue weighted by atomic mass is 10.1. The maximum atomic E-state index is 9.90. The first kappa shape index (κ1) is 17.1. The largest absolute Gasteiger partial charge is 0.508 e. The molecule has 1 aliphatic heterocycles. The topological polar surface area (TPSA) is 56.6 Å². The van der Waals surface area contributed by atoms with Gasteiger partial charge in [0.2, 0.25) is 0 Å². The summed E-state index contributed by atoms with van der Waals surface area (Å²) in [5.74, 6) is 1.15. The van der Waals surface area contributed by atoms with Crippen LogP contribution < -0.4 is 4.90 Å². The van der Waals surface area contributed by atoms with E-state index in [2.05, 4.69) is 36.1 Å². The van der Waals surface area contributed by atoms with Crippen molar-refractivity contribution in [2.75, 3.05) is 18.0 Å². The van der Waals surface area contributed by atoms with Crippen LogP contribution in [0.3, 0.4) is 0 Å². The van der Waals surface area contributed by atoms with Crippen molar-refractivity contribution in [1.29, 1.82) is 0 Å². The highest BCUT2D eigenvalue weighted by Crippen LogP contribution is 2.34. The summed E-state index contributed by atoms with van der Waals surface area (Å²) in [4.78, 5) is 9.57. The molecule has 0 bridgehead atoms. The van der Waals surface area contributed by atoms with E-state index >= 15 is 0 Å². The Labute approximate surface area is 157 Å². The summed E-state index contributed by atoms with van der Waals surface area (Å²) in [6, 6.07) is 15.7. The number of nitrogens with zero attached hydrogens (tertiary/aromatic N) is 2. The number of β-amino-alcohol motifs (C(OH)–C–C–N with tert-alkyl or cyclic N) is 1. The zero-order chi connectivity index (χ0) is 18.1. The molecule has 26 heavy (non-hydrogen) atoms. The van der Waals surface area contributed by atoms with Crippen molar-refractivity contribution in [3.8, 4) is 27.4 Å². The number of aliphatic hydroxyl groups is 1. The fourth-order valence-electron chi connectivity index (χ4n) is 3.27. The van der Waals surface area contributed by atoms with Crippen LogP contribution in [-0.4, -0.2) is 34.4 Å². The van der Waals surface area contributed by atoms with Crippen molar-refractivity contribution in [1.82, 2.24) is 4.98 Å². The Bertz CT molecular complexity index is 905. The number of hydrogen-bond donors (Lipinski definition) is 2. The van der Waals surface area contributed by atoms with Gasteiger partial charge in [0, 0.05) is 28.4 Å². The average Bonchev–Trinajstić information content (AvgIpc) is 3.31. The lowest BCUT2D eigenvalue weighted by Gasteiger charge is -2.19. The summed E-state index contributed by atoms with van der Waals surface area (Å²) in [5.41, 5.74) is 2.99. The zero-order valence-electron chi connectivity index (χ0n) is 14.7. The van der Waals surface area contributed by atoms with E-state index in [1.54, 1.807) is 12.1 Å². The van der Waals surface area contributed by atoms with E-state index in [1.807, 2.05) is 23.5 Å². The fraction of sp³-hybridized carbons (Fsp3) is 0.286. The number of thiophene rings is 1. The van der Waals surface area contributed by atoms with Crippen LogP contribution in [0.4, 0.5) is 5.82 Å². The second-order valence-corrected chi connectivity index (χ2v) is 7.82. The smallest absolute Gasteiger partial charge is 0.129 e. The van der Waals surface area contributed by atoms with Crippen molar-refractivity contribution in [2.45, 2.75) is 25.9 Å². The normalized spacial score (nSPS) is 17.0. The molecule has 5 heteroatoms. The molecule has 0 aliphatic carbocycles. The van der Waals surface area contributed by atoms with E-state index in [0.29, 0.717) is 6.54 Å². The lowest BCUT2D eigenvalue weighted by molar-refractivity contribution is 0.198. The Hall–Kier alpha value is -2.37. The second kappa shape index (κ2) is 7.09. The first-order chi connectivity index (χ1) is 12.6. The molecule has 0 spiro atoms. The highest BCUT2D eigenvalue weighted by molar-refractivity contribution is 7.15. The summed E-state index contributed by atoms with van der Waals surface area (Å²) in [7, 11) is 0. The van der Waals surface area contributed by atoms with Gasteiger partial charge in [0.05, 0.1) is 11.8 Å². The predicted octanol–water partition coefficient (Wildman–Crippen LogP) is 4.32. The number of benzene rings is 1. The molecule has 4 rings (SSSR count). The third-order valence-corrected chi connectivity index (χ3v) is 6.04. The van der Waals surface area contributed by atoms with Gasteiger partial charge in [-0.2, -0.15) is 0 Å². The highest BCUT2D eigenvalue weighted by atomic mass is 32.1. The van der Waals surface area contributed by atoms with Crippen molar-refractivity contribution in [3.05, 3.63) is 53.4 Å². The Kier molecular flexibility index (Phi) is 4.66. The fourth-order valence-corrected chi connectivity index (χ4v) is 4.21. The average molecular weight is 366 g/mol. The van der Waals surface area contributed by atoms with Crippen LogP contribution >= 0.6 is 11.3 Å². The Morgan fingerprint density at radius 3 is 2.58 bits per heavy atom. The van der Waals surface area contributed by atoms with E-state index in [4.69, 9.17) is 4.98 Å². The van der Waals surface area contributed by atoms with Crippen LogP contribution in [0, 0.1) is 0 Å². The molecule has 1 fully saturated rings. The Morgan fingerprint density at radius 2 is 1.92 bits per heavy atom. The second-order valence-electron chi connectivity index (χ2n) is 6.65. The van der Waals surface area contributed by atoms with E-state index < -0.39 is 0 Å². The van der Waals surface area contributed by atoms with Gasteiger partial charge in [0.1, 0.15) is 11.6 Å². The number of aryl methyl sites for hydroxylation is 1. The maximum absolute atomic E-state index is 9.90. The van der Waals surface area contributed by atoms with Gasteiger partial charge in [0.25, 0.3) is 0 Å². The van der Waals surface area contributed by atoms with E-state index in [0.717, 1.165) is 42.0 Å². The number of phenols is 1. The minimum Gasteiger partial charge on any atom is -0.508 e. The lowest BCUT2D eigenvalue weighted by Crippen LogP contribution is -2.22. The third kappa shape index (κ3) is 3.45. The molecule has 2 aromatic heterocycles. The predicted molar refractivity (Wildman–Crippen MR) is 107 cm³/mol. The van der Waals surface area contributed by atoms with Crippen LogP contribution in [0.1, 0.15) is 18.2 Å². The number of aliphatic hydroxyl groups excluding tert-OH is 1. The van der Waals surface area contributed by atoms with Crippen molar-refractivity contribution in [3.63, 3.8) is 0 Å². The minimum atomic E-state index is -0.286. The Morgan fingerprint density at radius 1 is 1.12 bits per heavy atom. The SMILES string of the molecule is CCc1ccc(-c2cc(-c3ccc(O)cc3)nc(N3CCC(O)C3)c2)s1. The molecule has 1 aliphatic rings. The van der Waals surface area contributed by atoms with E-state index in [9.17, 15) is 10.2 Å². The quantitative estimate of drug-likeness (QED) is 0.722. The van der Waals surface area contributed by atoms with Crippen LogP contribution in [0.5, 0.6) is 5.75 Å². The summed E-state index contributed by atoms with van der Waals surface area (Å²) >= 11 is 1.81. The number of phenolic OH excluding ortho intramolecular Hbond substituents is 1. The summed E-state index contributed by atoms with van der Waals surface area (Å²) < 4.78 is 0. The van der Waals surface area contributed by atoms with E-state index in [1.165, 1.54) is 9.75 Å². The molecule has 1 aromatic carbocycles. The number of rotatable bonds is 4. The van der Waals surface area contributed by atoms with Crippen LogP contribution in [0.25, 0.3) is 21.7 Å². The molecule has 2 N–H and O–H groups in total. The molecule has 1 unspecified atom stereocenters. The number of anilines is 1. The van der Waals surface area contributed by atoms with Gasteiger partial charge in [-0.05, 0) is 66.9 Å². The first-order valence-corrected chi connectivity index (χ1v) is 9.77. The van der Waals surface area contributed by atoms with Gasteiger partial charge in [-0.1, -0.05) is 6.92 Å². The van der Waals surface area contributed by atoms with Crippen molar-refractivity contribution >= 4 is 17.2 Å². The molecule has 3 heterocycles. The molecule has 0 radical (unpaired) electrons. The van der Waals surface area contributed by atoms with Crippen LogP contribution in [0.2, 0.25) is 0 Å². The summed E-state index contributed by atoms with van der Waals surface area (Å²) in [6.07, 6.45) is 1.52. The molecule has 3 aromatic rings. The standard InChI is InChI=1S/C21H22N2O2S/c1-2-18-7-8-20(26-18)15-11-19(14-3-5-16(24)6-4-14)22-21(12-15)23-10-9-17(25)13-23/h3-8,11-12,17,24-25H,2,9-10,13H2,1H3. The monoisotopic (exact) mass is 366 g/mol. The maximum Gasteiger partial charge on any atom is 0.129 e. The van der Waals surface area contributed by atoms with Gasteiger partial charge in [0.15, 0.2) is 0 Å². The molecular formula is C21H22N2O2S. The molecular weight excluding hydrogens is 344 g/mol. The van der Waals surface area contributed by atoms with Gasteiger partial charge in [-0.3, -0.25) is 0 Å². The molecule has 4 nitrogen and oxygen atoms in total.